The van der Waals surface area contributed by atoms with Crippen molar-refractivity contribution < 1.29 is 14.6 Å². The molecule has 1 N–H and O–H groups in total. The van der Waals surface area contributed by atoms with E-state index in [2.05, 4.69) is 30.4 Å². The molecule has 0 radical (unpaired) electrons. The van der Waals surface area contributed by atoms with Gasteiger partial charge < -0.3 is 9.84 Å². The van der Waals surface area contributed by atoms with Crippen LogP contribution < -0.4 is 4.74 Å². The molecule has 3 nitrogen and oxygen atoms in total. The molecule has 0 aliphatic heterocycles. The molecule has 1 fully saturated rings. The Morgan fingerprint density at radius 1 is 1.07 bits per heavy atom. The van der Waals surface area contributed by atoms with Crippen LogP contribution in [0, 0.1) is 17.8 Å². The molecule has 3 aliphatic carbocycles. The Hall–Kier alpha value is -2.29. The van der Waals surface area contributed by atoms with E-state index in [1.54, 1.807) is 0 Å². The van der Waals surface area contributed by atoms with E-state index in [1.807, 2.05) is 24.3 Å². The third-order valence-corrected chi connectivity index (χ3v) is 6.84. The molecule has 0 spiro atoms. The summed E-state index contributed by atoms with van der Waals surface area (Å²) >= 11 is 0. The van der Waals surface area contributed by atoms with Crippen LogP contribution in [0.4, 0.5) is 0 Å². The molecule has 3 heteroatoms. The van der Waals surface area contributed by atoms with Crippen LogP contribution in [0.2, 0.25) is 0 Å². The van der Waals surface area contributed by atoms with E-state index in [0.717, 1.165) is 42.9 Å². The molecule has 0 heterocycles. The quantitative estimate of drug-likeness (QED) is 0.529. The van der Waals surface area contributed by atoms with Crippen molar-refractivity contribution in [3.8, 4) is 5.75 Å². The van der Waals surface area contributed by atoms with E-state index in [-0.39, 0.29) is 0 Å². The van der Waals surface area contributed by atoms with Crippen molar-refractivity contribution in [2.24, 2.45) is 17.8 Å². The summed E-state index contributed by atoms with van der Waals surface area (Å²) in [6, 6.07) is 7.69. The van der Waals surface area contributed by atoms with E-state index < -0.39 is 11.9 Å². The lowest BCUT2D eigenvalue weighted by molar-refractivity contribution is -0.139. The highest BCUT2D eigenvalue weighted by molar-refractivity contribution is 5.76. The van der Waals surface area contributed by atoms with Gasteiger partial charge in [0.2, 0.25) is 0 Å². The summed E-state index contributed by atoms with van der Waals surface area (Å²) in [4.78, 5) is 11.8. The first-order chi connectivity index (χ1) is 14.2. The number of carboxylic acid groups (broad SMARTS) is 1. The standard InChI is InChI=1S/C26H32O3/c27-26(28)25(16-10-19-5-1-2-6-19)22-12-14-24(15-13-22)29-18-20-9-11-21-7-3-4-8-23(21)17-20/h3-4,9,11-15,17,19,21,23,25H,1-2,5-8,10,16,18H2,(H,27,28). The molecule has 1 aromatic carbocycles. The van der Waals surface area contributed by atoms with Crippen molar-refractivity contribution >= 4 is 5.97 Å². The maximum absolute atomic E-state index is 11.8. The monoisotopic (exact) mass is 392 g/mol. The number of fused-ring (bicyclic) bond motifs is 1. The van der Waals surface area contributed by atoms with Gasteiger partial charge in [-0.1, -0.05) is 68.2 Å². The Labute approximate surface area is 174 Å². The summed E-state index contributed by atoms with van der Waals surface area (Å²) in [6.07, 6.45) is 20.6. The molecule has 3 aliphatic rings. The molecule has 154 valence electrons. The number of allylic oxidation sites excluding steroid dienone is 4. The van der Waals surface area contributed by atoms with Crippen molar-refractivity contribution in [2.75, 3.05) is 6.61 Å². The average molecular weight is 393 g/mol. The fourth-order valence-corrected chi connectivity index (χ4v) is 5.04. The van der Waals surface area contributed by atoms with Gasteiger partial charge in [-0.2, -0.15) is 0 Å². The number of benzene rings is 1. The van der Waals surface area contributed by atoms with Gasteiger partial charge in [-0.3, -0.25) is 4.79 Å². The van der Waals surface area contributed by atoms with Crippen LogP contribution in [0.15, 0.2) is 60.2 Å². The SMILES string of the molecule is O=C(O)C(CCC1CCCC1)c1ccc(OCC2=CC3CC=CCC3C=C2)cc1. The lowest BCUT2D eigenvalue weighted by Gasteiger charge is -2.27. The van der Waals surface area contributed by atoms with E-state index in [9.17, 15) is 9.90 Å². The van der Waals surface area contributed by atoms with Crippen molar-refractivity contribution in [2.45, 2.75) is 57.3 Å². The minimum absolute atomic E-state index is 0.412. The fourth-order valence-electron chi connectivity index (χ4n) is 5.04. The normalized spacial score (nSPS) is 24.8. The van der Waals surface area contributed by atoms with Crippen LogP contribution in [0.1, 0.15) is 62.8 Å². The molecular formula is C26H32O3. The topological polar surface area (TPSA) is 46.5 Å². The summed E-state index contributed by atoms with van der Waals surface area (Å²) in [7, 11) is 0. The number of rotatable bonds is 8. The van der Waals surface area contributed by atoms with Crippen LogP contribution >= 0.6 is 0 Å². The van der Waals surface area contributed by atoms with Crippen molar-refractivity contribution in [3.63, 3.8) is 0 Å². The molecule has 29 heavy (non-hydrogen) atoms. The lowest BCUT2D eigenvalue weighted by atomic mass is 9.79. The van der Waals surface area contributed by atoms with Crippen molar-refractivity contribution in [1.82, 2.24) is 0 Å². The first kappa shape index (κ1) is 20.0. The summed E-state index contributed by atoms with van der Waals surface area (Å²) in [5, 5.41) is 9.69. The van der Waals surface area contributed by atoms with Gasteiger partial charge in [0.1, 0.15) is 12.4 Å². The summed E-state index contributed by atoms with van der Waals surface area (Å²) in [5.41, 5.74) is 2.11. The molecule has 1 saturated carbocycles. The number of ether oxygens (including phenoxy) is 1. The van der Waals surface area contributed by atoms with E-state index in [0.29, 0.717) is 18.4 Å². The van der Waals surface area contributed by atoms with Crippen molar-refractivity contribution in [3.05, 3.63) is 65.8 Å². The third kappa shape index (κ3) is 5.20. The van der Waals surface area contributed by atoms with Gasteiger partial charge in [-0.25, -0.2) is 0 Å². The number of carbonyl (C=O) groups is 1. The zero-order chi connectivity index (χ0) is 20.1. The van der Waals surface area contributed by atoms with Gasteiger partial charge in [-0.05, 0) is 66.7 Å². The van der Waals surface area contributed by atoms with Gasteiger partial charge in [-0.15, -0.1) is 0 Å². The van der Waals surface area contributed by atoms with Gasteiger partial charge in [0.15, 0.2) is 0 Å². The highest BCUT2D eigenvalue weighted by atomic mass is 16.5. The maximum Gasteiger partial charge on any atom is 0.310 e. The minimum atomic E-state index is -0.717. The Bertz CT molecular complexity index is 781. The molecule has 3 unspecified atom stereocenters. The minimum Gasteiger partial charge on any atom is -0.489 e. The first-order valence-electron chi connectivity index (χ1n) is 11.2. The Kier molecular flexibility index (Phi) is 6.53. The number of aliphatic carboxylic acids is 1. The van der Waals surface area contributed by atoms with Crippen LogP contribution in [0.5, 0.6) is 5.75 Å². The second kappa shape index (κ2) is 9.47. The zero-order valence-electron chi connectivity index (χ0n) is 17.1. The first-order valence-corrected chi connectivity index (χ1v) is 11.2. The Morgan fingerprint density at radius 2 is 1.79 bits per heavy atom. The average Bonchev–Trinajstić information content (AvgIpc) is 3.26. The largest absolute Gasteiger partial charge is 0.489 e. The van der Waals surface area contributed by atoms with Crippen LogP contribution in [0.25, 0.3) is 0 Å². The summed E-state index contributed by atoms with van der Waals surface area (Å²) in [5.74, 6) is 1.63. The summed E-state index contributed by atoms with van der Waals surface area (Å²) < 4.78 is 5.98. The third-order valence-electron chi connectivity index (χ3n) is 6.84. The second-order valence-electron chi connectivity index (χ2n) is 8.85. The number of hydrogen-bond donors (Lipinski definition) is 1. The number of hydrogen-bond acceptors (Lipinski definition) is 2. The lowest BCUT2D eigenvalue weighted by Crippen LogP contribution is -2.17. The molecule has 4 rings (SSSR count). The van der Waals surface area contributed by atoms with Crippen LogP contribution in [-0.2, 0) is 4.79 Å². The Balaban J connectivity index is 1.32. The predicted octanol–water partition coefficient (Wildman–Crippen LogP) is 6.28. The van der Waals surface area contributed by atoms with Gasteiger partial charge in [0.05, 0.1) is 5.92 Å². The highest BCUT2D eigenvalue weighted by Crippen LogP contribution is 2.34. The highest BCUT2D eigenvalue weighted by Gasteiger charge is 2.24. The van der Waals surface area contributed by atoms with E-state index in [4.69, 9.17) is 4.74 Å². The van der Waals surface area contributed by atoms with Crippen LogP contribution in [-0.4, -0.2) is 17.7 Å². The molecular weight excluding hydrogens is 360 g/mol. The zero-order valence-corrected chi connectivity index (χ0v) is 17.1. The molecule has 0 amide bonds. The fraction of sp³-hybridized carbons (Fsp3) is 0.500. The van der Waals surface area contributed by atoms with Gasteiger partial charge >= 0.3 is 5.97 Å². The van der Waals surface area contributed by atoms with Crippen molar-refractivity contribution in [1.29, 1.82) is 0 Å². The maximum atomic E-state index is 11.8. The molecule has 1 aromatic rings. The van der Waals surface area contributed by atoms with Gasteiger partial charge in [0, 0.05) is 0 Å². The Morgan fingerprint density at radius 3 is 2.52 bits per heavy atom. The van der Waals surface area contributed by atoms with E-state index >= 15 is 0 Å². The van der Waals surface area contributed by atoms with E-state index in [1.165, 1.54) is 31.3 Å². The number of carboxylic acids is 1. The molecule has 0 aromatic heterocycles. The molecule has 0 saturated heterocycles. The second-order valence-corrected chi connectivity index (χ2v) is 8.85. The predicted molar refractivity (Wildman–Crippen MR) is 116 cm³/mol. The van der Waals surface area contributed by atoms with Gasteiger partial charge in [0.25, 0.3) is 0 Å². The molecule has 3 atom stereocenters. The smallest absolute Gasteiger partial charge is 0.310 e. The summed E-state index contributed by atoms with van der Waals surface area (Å²) in [6.45, 7) is 0.562. The molecule has 0 bridgehead atoms. The van der Waals surface area contributed by atoms with Crippen LogP contribution in [0.3, 0.4) is 0 Å².